The molecule has 0 fully saturated rings. The zero-order valence-corrected chi connectivity index (χ0v) is 15.8. The molecule has 0 unspecified atom stereocenters. The van der Waals surface area contributed by atoms with E-state index in [1.54, 1.807) is 25.5 Å². The van der Waals surface area contributed by atoms with Gasteiger partial charge in [-0.15, -0.1) is 0 Å². The summed E-state index contributed by atoms with van der Waals surface area (Å²) in [4.78, 5) is -0.136. The van der Waals surface area contributed by atoms with E-state index in [2.05, 4.69) is 14.9 Å². The van der Waals surface area contributed by atoms with Gasteiger partial charge in [0.1, 0.15) is 17.1 Å². The molecule has 0 aliphatic carbocycles. The maximum absolute atomic E-state index is 12.9. The second-order valence-corrected chi connectivity index (χ2v) is 8.43. The highest BCUT2D eigenvalue weighted by atomic mass is 32.2. The minimum absolute atomic E-state index is 0.0672. The number of ether oxygens (including phenoxy) is 1. The summed E-state index contributed by atoms with van der Waals surface area (Å²) < 4.78 is 58.5. The van der Waals surface area contributed by atoms with Crippen LogP contribution in [0.25, 0.3) is 16.9 Å². The third-order valence-electron chi connectivity index (χ3n) is 4.10. The number of aromatic nitrogens is 4. The van der Waals surface area contributed by atoms with Crippen molar-refractivity contribution in [2.24, 2.45) is 7.05 Å². The molecule has 1 N–H and O–H groups in total. The summed E-state index contributed by atoms with van der Waals surface area (Å²) in [5.41, 5.74) is 0.740. The van der Waals surface area contributed by atoms with Crippen LogP contribution >= 0.6 is 0 Å². The molecule has 0 amide bonds. The smallest absolute Gasteiger partial charge is 0.387 e. The molecule has 0 bridgehead atoms. The Morgan fingerprint density at radius 2 is 2.07 bits per heavy atom. The lowest BCUT2D eigenvalue weighted by Crippen LogP contribution is -2.21. The lowest BCUT2D eigenvalue weighted by atomic mass is 10.1. The summed E-state index contributed by atoms with van der Waals surface area (Å²) in [6, 6.07) is 5.21. The molecule has 0 radical (unpaired) electrons. The number of alkyl halides is 2. The van der Waals surface area contributed by atoms with E-state index >= 15 is 0 Å². The predicted molar refractivity (Wildman–Crippen MR) is 96.1 cm³/mol. The van der Waals surface area contributed by atoms with Gasteiger partial charge >= 0.3 is 6.61 Å². The van der Waals surface area contributed by atoms with E-state index in [0.29, 0.717) is 5.69 Å². The fraction of sp³-hybridized carbons (Fsp3) is 0.294. The van der Waals surface area contributed by atoms with Crippen LogP contribution in [0.5, 0.6) is 5.75 Å². The Kier molecular flexibility index (Phi) is 5.47. The van der Waals surface area contributed by atoms with Gasteiger partial charge in [-0.1, -0.05) is 0 Å². The number of aliphatic hydroxyl groups excluding tert-OH is 1. The van der Waals surface area contributed by atoms with Crippen LogP contribution in [-0.4, -0.2) is 51.6 Å². The number of rotatable bonds is 7. The first-order chi connectivity index (χ1) is 13.2. The molecule has 8 nitrogen and oxygen atoms in total. The first-order valence-electron chi connectivity index (χ1n) is 8.21. The van der Waals surface area contributed by atoms with E-state index in [4.69, 9.17) is 0 Å². The molecular weight excluding hydrogens is 394 g/mol. The molecule has 0 spiro atoms. The van der Waals surface area contributed by atoms with E-state index in [0.717, 1.165) is 6.07 Å². The standard InChI is InChI=1S/C17H18F2N4O4S/c1-11(10-24)28(25,26)12-4-5-15(27-17(18)19)13(8-12)16-14(9-22(2)21-16)23-7-3-6-20-23/h3-9,11,17,24H,10H2,1-2H3/t11-/m1/s1. The van der Waals surface area contributed by atoms with Gasteiger partial charge in [0.2, 0.25) is 0 Å². The van der Waals surface area contributed by atoms with Gasteiger partial charge in [-0.25, -0.2) is 13.1 Å². The molecule has 0 saturated heterocycles. The average molecular weight is 412 g/mol. The molecule has 1 aromatic carbocycles. The van der Waals surface area contributed by atoms with E-state index in [1.807, 2.05) is 0 Å². The Hall–Kier alpha value is -2.79. The van der Waals surface area contributed by atoms with Gasteiger partial charge in [0, 0.05) is 25.0 Å². The number of nitrogens with zero attached hydrogens (tertiary/aromatic N) is 4. The maximum atomic E-state index is 12.9. The zero-order valence-electron chi connectivity index (χ0n) is 15.0. The van der Waals surface area contributed by atoms with Crippen molar-refractivity contribution in [1.82, 2.24) is 19.6 Å². The second kappa shape index (κ2) is 7.68. The Morgan fingerprint density at radius 3 is 2.68 bits per heavy atom. The highest BCUT2D eigenvalue weighted by Crippen LogP contribution is 2.36. The molecule has 0 saturated carbocycles. The first kappa shape index (κ1) is 20.0. The number of hydrogen-bond donors (Lipinski definition) is 1. The van der Waals surface area contributed by atoms with E-state index in [1.165, 1.54) is 34.6 Å². The van der Waals surface area contributed by atoms with E-state index in [9.17, 15) is 22.3 Å². The monoisotopic (exact) mass is 412 g/mol. The van der Waals surface area contributed by atoms with Crippen LogP contribution in [0.4, 0.5) is 8.78 Å². The largest absolute Gasteiger partial charge is 0.434 e. The van der Waals surface area contributed by atoms with Gasteiger partial charge in [0.25, 0.3) is 0 Å². The molecule has 0 aliphatic rings. The van der Waals surface area contributed by atoms with Crippen molar-refractivity contribution in [2.75, 3.05) is 6.61 Å². The third-order valence-corrected chi connectivity index (χ3v) is 6.22. The number of hydrogen-bond acceptors (Lipinski definition) is 6. The lowest BCUT2D eigenvalue weighted by Gasteiger charge is -2.15. The normalized spacial score (nSPS) is 13.1. The Balaban J connectivity index is 2.23. The van der Waals surface area contributed by atoms with E-state index < -0.39 is 28.3 Å². The molecule has 2 aromatic heterocycles. The first-order valence-corrected chi connectivity index (χ1v) is 9.76. The fourth-order valence-corrected chi connectivity index (χ4v) is 3.85. The maximum Gasteiger partial charge on any atom is 0.387 e. The molecule has 1 atom stereocenters. The van der Waals surface area contributed by atoms with Gasteiger partial charge in [-0.3, -0.25) is 4.68 Å². The minimum atomic E-state index is -3.87. The summed E-state index contributed by atoms with van der Waals surface area (Å²) in [6.07, 6.45) is 4.80. The summed E-state index contributed by atoms with van der Waals surface area (Å²) in [5.74, 6) is -0.224. The Bertz CT molecular complexity index is 1070. The van der Waals surface area contributed by atoms with Crippen LogP contribution in [0.3, 0.4) is 0 Å². The summed E-state index contributed by atoms with van der Waals surface area (Å²) in [6.45, 7) is -2.32. The zero-order chi connectivity index (χ0) is 20.5. The van der Waals surface area contributed by atoms with Gasteiger partial charge in [0.15, 0.2) is 9.84 Å². The molecule has 0 aliphatic heterocycles. The third kappa shape index (κ3) is 3.76. The van der Waals surface area contributed by atoms with Crippen LogP contribution < -0.4 is 4.74 Å². The van der Waals surface area contributed by atoms with Crippen molar-refractivity contribution >= 4 is 9.84 Å². The van der Waals surface area contributed by atoms with Crippen molar-refractivity contribution in [3.63, 3.8) is 0 Å². The fourth-order valence-electron chi connectivity index (χ4n) is 2.65. The van der Waals surface area contributed by atoms with Crippen LogP contribution in [-0.2, 0) is 16.9 Å². The molecule has 3 aromatic rings. The SMILES string of the molecule is C[C@H](CO)S(=O)(=O)c1ccc(OC(F)F)c(-c2nn(C)cc2-n2cccn2)c1. The van der Waals surface area contributed by atoms with Crippen LogP contribution in [0.1, 0.15) is 6.92 Å². The quantitative estimate of drug-likeness (QED) is 0.638. The lowest BCUT2D eigenvalue weighted by molar-refractivity contribution is -0.0494. The molecule has 150 valence electrons. The van der Waals surface area contributed by atoms with Crippen LogP contribution in [0, 0.1) is 0 Å². The Morgan fingerprint density at radius 1 is 1.32 bits per heavy atom. The van der Waals surface area contributed by atoms with Gasteiger partial charge in [-0.05, 0) is 31.2 Å². The molecule has 2 heterocycles. The van der Waals surface area contributed by atoms with Gasteiger partial charge in [0.05, 0.1) is 22.9 Å². The molecular formula is C17H18F2N4O4S. The molecule has 3 rings (SSSR count). The predicted octanol–water partition coefficient (Wildman–Crippen LogP) is 2.03. The summed E-state index contributed by atoms with van der Waals surface area (Å²) in [5, 5.41) is 16.6. The van der Waals surface area contributed by atoms with Crippen molar-refractivity contribution < 1.29 is 27.0 Å². The summed E-state index contributed by atoms with van der Waals surface area (Å²) >= 11 is 0. The van der Waals surface area contributed by atoms with Crippen molar-refractivity contribution in [3.8, 4) is 22.7 Å². The summed E-state index contributed by atoms with van der Waals surface area (Å²) in [7, 11) is -2.24. The van der Waals surface area contributed by atoms with Crippen LogP contribution in [0.2, 0.25) is 0 Å². The number of halogens is 2. The second-order valence-electron chi connectivity index (χ2n) is 6.06. The number of benzene rings is 1. The van der Waals surface area contributed by atoms with Crippen LogP contribution in [0.15, 0.2) is 47.8 Å². The van der Waals surface area contributed by atoms with Gasteiger partial charge in [-0.2, -0.15) is 19.0 Å². The molecule has 28 heavy (non-hydrogen) atoms. The highest BCUT2D eigenvalue weighted by Gasteiger charge is 2.26. The van der Waals surface area contributed by atoms with Crippen molar-refractivity contribution in [3.05, 3.63) is 42.9 Å². The molecule has 11 heteroatoms. The number of aryl methyl sites for hydroxylation is 1. The van der Waals surface area contributed by atoms with Gasteiger partial charge < -0.3 is 9.84 Å². The number of aliphatic hydroxyl groups is 1. The topological polar surface area (TPSA) is 99.2 Å². The number of sulfone groups is 1. The highest BCUT2D eigenvalue weighted by molar-refractivity contribution is 7.92. The minimum Gasteiger partial charge on any atom is -0.434 e. The van der Waals surface area contributed by atoms with E-state index in [-0.39, 0.29) is 21.9 Å². The van der Waals surface area contributed by atoms with Crippen molar-refractivity contribution in [2.45, 2.75) is 23.7 Å². The average Bonchev–Trinajstić information content (AvgIpc) is 3.30. The van der Waals surface area contributed by atoms with Crippen molar-refractivity contribution in [1.29, 1.82) is 0 Å². The Labute approximate surface area is 159 Å².